The van der Waals surface area contributed by atoms with Crippen molar-refractivity contribution in [3.8, 4) is 0 Å². The maximum atomic E-state index is 12.7. The lowest BCUT2D eigenvalue weighted by atomic mass is 10.2. The second kappa shape index (κ2) is 8.55. The first-order valence-corrected chi connectivity index (χ1v) is 11.6. The molecule has 1 amide bonds. The van der Waals surface area contributed by atoms with Crippen molar-refractivity contribution in [1.29, 1.82) is 0 Å². The topological polar surface area (TPSA) is 69.7 Å². The van der Waals surface area contributed by atoms with Gasteiger partial charge in [-0.3, -0.25) is 4.79 Å². The number of amides is 1. The third-order valence-electron chi connectivity index (χ3n) is 4.73. The van der Waals surface area contributed by atoms with Crippen LogP contribution >= 0.6 is 11.8 Å². The lowest BCUT2D eigenvalue weighted by molar-refractivity contribution is -0.117. The minimum absolute atomic E-state index is 0.0102. The summed E-state index contributed by atoms with van der Waals surface area (Å²) in [5, 5.41) is 3.10. The van der Waals surface area contributed by atoms with E-state index in [0.717, 1.165) is 16.3 Å². The Morgan fingerprint density at radius 1 is 1.18 bits per heavy atom. The number of rotatable bonds is 6. The molecule has 150 valence electrons. The summed E-state index contributed by atoms with van der Waals surface area (Å²) >= 11 is 1.76. The number of para-hydroxylation sites is 1. The second-order valence-corrected chi connectivity index (χ2v) is 9.99. The Hall–Kier alpha value is -2.03. The van der Waals surface area contributed by atoms with Gasteiger partial charge in [-0.2, -0.15) is 4.31 Å². The number of thioether (sulfide) groups is 1. The first kappa shape index (κ1) is 20.7. The van der Waals surface area contributed by atoms with Crippen LogP contribution in [0.15, 0.2) is 58.3 Å². The largest absolute Gasteiger partial charge is 0.376 e. The van der Waals surface area contributed by atoms with Gasteiger partial charge in [0.1, 0.15) is 0 Å². The molecule has 0 unspecified atom stereocenters. The summed E-state index contributed by atoms with van der Waals surface area (Å²) in [7, 11) is -1.94. The summed E-state index contributed by atoms with van der Waals surface area (Å²) in [6.45, 7) is 4.49. The SMILES string of the molecule is CC(C)N(C)S(=O)(=O)c1ccc(NCC(=O)N2CCSc3ccccc32)cc1. The molecule has 0 fully saturated rings. The van der Waals surface area contributed by atoms with E-state index >= 15 is 0 Å². The lowest BCUT2D eigenvalue weighted by Gasteiger charge is -2.29. The molecular formula is C20H25N3O3S2. The number of carbonyl (C=O) groups is 1. The number of hydrogen-bond acceptors (Lipinski definition) is 5. The molecule has 1 aliphatic heterocycles. The van der Waals surface area contributed by atoms with Crippen LogP contribution in [0.5, 0.6) is 0 Å². The zero-order valence-corrected chi connectivity index (χ0v) is 17.9. The highest BCUT2D eigenvalue weighted by molar-refractivity contribution is 7.99. The van der Waals surface area contributed by atoms with Crippen molar-refractivity contribution in [2.24, 2.45) is 0 Å². The summed E-state index contributed by atoms with van der Waals surface area (Å²) in [5.74, 6) is 0.863. The van der Waals surface area contributed by atoms with E-state index in [4.69, 9.17) is 0 Å². The Morgan fingerprint density at radius 3 is 2.54 bits per heavy atom. The van der Waals surface area contributed by atoms with Crippen molar-refractivity contribution in [1.82, 2.24) is 4.31 Å². The Balaban J connectivity index is 1.65. The van der Waals surface area contributed by atoms with Gasteiger partial charge in [0.05, 0.1) is 17.1 Å². The number of benzene rings is 2. The highest BCUT2D eigenvalue weighted by atomic mass is 32.2. The number of carbonyl (C=O) groups excluding carboxylic acids is 1. The van der Waals surface area contributed by atoms with Crippen LogP contribution < -0.4 is 10.2 Å². The first-order valence-electron chi connectivity index (χ1n) is 9.15. The highest BCUT2D eigenvalue weighted by Crippen LogP contribution is 2.34. The fourth-order valence-corrected chi connectivity index (χ4v) is 5.25. The Bertz CT molecular complexity index is 943. The predicted molar refractivity (Wildman–Crippen MR) is 115 cm³/mol. The van der Waals surface area contributed by atoms with Crippen LogP contribution in [0.25, 0.3) is 0 Å². The summed E-state index contributed by atoms with van der Waals surface area (Å²) in [4.78, 5) is 15.8. The van der Waals surface area contributed by atoms with Gasteiger partial charge in [-0.15, -0.1) is 11.8 Å². The summed E-state index contributed by atoms with van der Waals surface area (Å²) < 4.78 is 26.4. The van der Waals surface area contributed by atoms with Gasteiger partial charge in [-0.05, 0) is 50.2 Å². The first-order chi connectivity index (χ1) is 13.3. The van der Waals surface area contributed by atoms with Gasteiger partial charge in [-0.1, -0.05) is 12.1 Å². The molecule has 0 radical (unpaired) electrons. The molecule has 0 aliphatic carbocycles. The van der Waals surface area contributed by atoms with E-state index in [2.05, 4.69) is 5.32 Å². The average molecular weight is 420 g/mol. The van der Waals surface area contributed by atoms with Crippen molar-refractivity contribution >= 4 is 39.1 Å². The van der Waals surface area contributed by atoms with E-state index in [1.54, 1.807) is 48.0 Å². The molecule has 0 atom stereocenters. The minimum atomic E-state index is -3.51. The number of nitrogens with zero attached hydrogens (tertiary/aromatic N) is 2. The highest BCUT2D eigenvalue weighted by Gasteiger charge is 2.24. The zero-order valence-electron chi connectivity index (χ0n) is 16.3. The van der Waals surface area contributed by atoms with Gasteiger partial charge in [-0.25, -0.2) is 8.42 Å². The Morgan fingerprint density at radius 2 is 1.86 bits per heavy atom. The standard InChI is InChI=1S/C20H25N3O3S2/c1-15(2)22(3)28(25,26)17-10-8-16(9-11-17)21-14-20(24)23-12-13-27-19-7-5-4-6-18(19)23/h4-11,15,21H,12-14H2,1-3H3. The van der Waals surface area contributed by atoms with E-state index < -0.39 is 10.0 Å². The molecule has 8 heteroatoms. The van der Waals surface area contributed by atoms with E-state index in [-0.39, 0.29) is 23.4 Å². The smallest absolute Gasteiger partial charge is 0.246 e. The second-order valence-electron chi connectivity index (χ2n) is 6.85. The van der Waals surface area contributed by atoms with Gasteiger partial charge in [0.15, 0.2) is 0 Å². The molecule has 2 aromatic carbocycles. The van der Waals surface area contributed by atoms with Crippen molar-refractivity contribution in [2.45, 2.75) is 29.7 Å². The van der Waals surface area contributed by atoms with Gasteiger partial charge in [0.2, 0.25) is 15.9 Å². The summed E-state index contributed by atoms with van der Waals surface area (Å²) in [5.41, 5.74) is 1.66. The zero-order chi connectivity index (χ0) is 20.3. The van der Waals surface area contributed by atoms with Crippen LogP contribution in [0.4, 0.5) is 11.4 Å². The maximum absolute atomic E-state index is 12.7. The molecule has 0 aromatic heterocycles. The summed E-state index contributed by atoms with van der Waals surface area (Å²) in [6, 6.07) is 14.3. The van der Waals surface area contributed by atoms with Crippen LogP contribution in [-0.4, -0.2) is 50.6 Å². The molecule has 3 rings (SSSR count). The van der Waals surface area contributed by atoms with Crippen molar-refractivity contribution < 1.29 is 13.2 Å². The minimum Gasteiger partial charge on any atom is -0.376 e. The Labute approximate surface area is 171 Å². The predicted octanol–water partition coefficient (Wildman–Crippen LogP) is 3.27. The van der Waals surface area contributed by atoms with Crippen LogP contribution in [0, 0.1) is 0 Å². The van der Waals surface area contributed by atoms with Gasteiger partial charge < -0.3 is 10.2 Å². The van der Waals surface area contributed by atoms with E-state index in [0.29, 0.717) is 12.2 Å². The normalized spacial score (nSPS) is 14.2. The molecule has 2 aromatic rings. The molecule has 1 heterocycles. The van der Waals surface area contributed by atoms with Gasteiger partial charge in [0.25, 0.3) is 0 Å². The van der Waals surface area contributed by atoms with Crippen LogP contribution in [0.3, 0.4) is 0 Å². The average Bonchev–Trinajstić information content (AvgIpc) is 2.71. The molecule has 0 bridgehead atoms. The monoisotopic (exact) mass is 419 g/mol. The van der Waals surface area contributed by atoms with E-state index in [1.807, 2.05) is 38.1 Å². The van der Waals surface area contributed by atoms with Crippen LogP contribution in [0.2, 0.25) is 0 Å². The summed E-state index contributed by atoms with van der Waals surface area (Å²) in [6.07, 6.45) is 0. The Kier molecular flexibility index (Phi) is 6.32. The number of hydrogen-bond donors (Lipinski definition) is 1. The van der Waals surface area contributed by atoms with Crippen molar-refractivity contribution in [2.75, 3.05) is 36.1 Å². The molecule has 0 saturated carbocycles. The van der Waals surface area contributed by atoms with Gasteiger partial charge >= 0.3 is 0 Å². The maximum Gasteiger partial charge on any atom is 0.246 e. The molecular weight excluding hydrogens is 394 g/mol. The van der Waals surface area contributed by atoms with Crippen molar-refractivity contribution in [3.63, 3.8) is 0 Å². The van der Waals surface area contributed by atoms with Crippen LogP contribution in [0.1, 0.15) is 13.8 Å². The van der Waals surface area contributed by atoms with Gasteiger partial charge in [0, 0.05) is 36.0 Å². The van der Waals surface area contributed by atoms with E-state index in [9.17, 15) is 13.2 Å². The fourth-order valence-electron chi connectivity index (χ4n) is 2.89. The lowest BCUT2D eigenvalue weighted by Crippen LogP contribution is -2.39. The number of nitrogens with one attached hydrogen (secondary N) is 1. The molecule has 0 saturated heterocycles. The number of fused-ring (bicyclic) bond motifs is 1. The number of anilines is 2. The third kappa shape index (κ3) is 4.34. The molecule has 1 aliphatic rings. The van der Waals surface area contributed by atoms with Crippen molar-refractivity contribution in [3.05, 3.63) is 48.5 Å². The van der Waals surface area contributed by atoms with Crippen LogP contribution in [-0.2, 0) is 14.8 Å². The number of sulfonamides is 1. The fraction of sp³-hybridized carbons (Fsp3) is 0.350. The quantitative estimate of drug-likeness (QED) is 0.778. The molecule has 0 spiro atoms. The molecule has 1 N–H and O–H groups in total. The molecule has 6 nitrogen and oxygen atoms in total. The molecule has 28 heavy (non-hydrogen) atoms. The van der Waals surface area contributed by atoms with E-state index in [1.165, 1.54) is 4.31 Å². The third-order valence-corrected chi connectivity index (χ3v) is 7.82.